The van der Waals surface area contributed by atoms with Gasteiger partial charge in [-0.05, 0) is 17.5 Å². The first-order valence-corrected chi connectivity index (χ1v) is 7.93. The standard InChI is InChI=1S/C18H24N2O2/c1-4-12(3)18(16(21)5-2)20-17(22)10-13-11-19-15-9-7-6-8-14(13)15/h6-9,11-12,18-19H,4-5,10H2,1-3H3,(H,20,22)/t12-,18-/m0/s1. The molecular weight excluding hydrogens is 276 g/mol. The first-order chi connectivity index (χ1) is 10.6. The molecule has 0 bridgehead atoms. The van der Waals surface area contributed by atoms with E-state index in [-0.39, 0.29) is 30.1 Å². The molecule has 1 aromatic heterocycles. The Kier molecular flexibility index (Phi) is 5.36. The molecule has 0 radical (unpaired) electrons. The molecule has 0 fully saturated rings. The number of carbonyl (C=O) groups excluding carboxylic acids is 2. The Morgan fingerprint density at radius 2 is 1.95 bits per heavy atom. The summed E-state index contributed by atoms with van der Waals surface area (Å²) in [5, 5.41) is 3.97. The van der Waals surface area contributed by atoms with E-state index in [4.69, 9.17) is 0 Å². The quantitative estimate of drug-likeness (QED) is 0.824. The number of benzene rings is 1. The Bertz CT molecular complexity index is 660. The molecule has 2 rings (SSSR count). The van der Waals surface area contributed by atoms with Crippen molar-refractivity contribution >= 4 is 22.6 Å². The van der Waals surface area contributed by atoms with E-state index in [1.807, 2.05) is 51.2 Å². The van der Waals surface area contributed by atoms with Crippen LogP contribution in [-0.2, 0) is 16.0 Å². The number of aromatic nitrogens is 1. The van der Waals surface area contributed by atoms with Crippen LogP contribution in [0.2, 0.25) is 0 Å². The lowest BCUT2D eigenvalue weighted by Gasteiger charge is -2.22. The molecular formula is C18H24N2O2. The van der Waals surface area contributed by atoms with Crippen molar-refractivity contribution in [1.29, 1.82) is 0 Å². The highest BCUT2D eigenvalue weighted by molar-refractivity contribution is 5.92. The number of hydrogen-bond donors (Lipinski definition) is 2. The third-order valence-corrected chi connectivity index (χ3v) is 4.25. The summed E-state index contributed by atoms with van der Waals surface area (Å²) in [5.74, 6) is 0.151. The van der Waals surface area contributed by atoms with Crippen LogP contribution in [0.4, 0.5) is 0 Å². The highest BCUT2D eigenvalue weighted by Gasteiger charge is 2.24. The van der Waals surface area contributed by atoms with Gasteiger partial charge in [0.15, 0.2) is 5.78 Å². The number of amides is 1. The SMILES string of the molecule is CCC(=O)[C@@H](NC(=O)Cc1c[nH]c2ccccc12)[C@@H](C)CC. The fraction of sp³-hybridized carbons (Fsp3) is 0.444. The molecule has 0 unspecified atom stereocenters. The first-order valence-electron chi connectivity index (χ1n) is 7.93. The smallest absolute Gasteiger partial charge is 0.225 e. The summed E-state index contributed by atoms with van der Waals surface area (Å²) >= 11 is 0. The largest absolute Gasteiger partial charge is 0.361 e. The summed E-state index contributed by atoms with van der Waals surface area (Å²) in [5.41, 5.74) is 1.98. The monoisotopic (exact) mass is 300 g/mol. The van der Waals surface area contributed by atoms with Gasteiger partial charge in [0, 0.05) is 23.5 Å². The zero-order valence-corrected chi connectivity index (χ0v) is 13.5. The maximum Gasteiger partial charge on any atom is 0.225 e. The maximum absolute atomic E-state index is 12.3. The molecule has 0 saturated carbocycles. The molecule has 0 aliphatic carbocycles. The van der Waals surface area contributed by atoms with Crippen LogP contribution in [0.1, 0.15) is 39.2 Å². The third kappa shape index (κ3) is 3.56. The maximum atomic E-state index is 12.3. The normalized spacial score (nSPS) is 13.8. The molecule has 1 aromatic carbocycles. The van der Waals surface area contributed by atoms with E-state index in [0.717, 1.165) is 22.9 Å². The minimum absolute atomic E-state index is 0.0987. The van der Waals surface area contributed by atoms with E-state index >= 15 is 0 Å². The molecule has 2 N–H and O–H groups in total. The molecule has 4 nitrogen and oxygen atoms in total. The molecule has 0 saturated heterocycles. The van der Waals surface area contributed by atoms with Crippen LogP contribution in [0.15, 0.2) is 30.5 Å². The predicted octanol–water partition coefficient (Wildman–Crippen LogP) is 3.22. The van der Waals surface area contributed by atoms with Crippen LogP contribution in [0, 0.1) is 5.92 Å². The molecule has 4 heteroatoms. The highest BCUT2D eigenvalue weighted by Crippen LogP contribution is 2.18. The molecule has 1 heterocycles. The van der Waals surface area contributed by atoms with Gasteiger partial charge in [-0.15, -0.1) is 0 Å². The number of hydrogen-bond acceptors (Lipinski definition) is 2. The van der Waals surface area contributed by atoms with Crippen LogP contribution in [0.5, 0.6) is 0 Å². The van der Waals surface area contributed by atoms with Crippen molar-refractivity contribution in [3.05, 3.63) is 36.0 Å². The number of H-pyrrole nitrogens is 1. The topological polar surface area (TPSA) is 62.0 Å². The summed E-state index contributed by atoms with van der Waals surface area (Å²) in [6.45, 7) is 5.88. The fourth-order valence-electron chi connectivity index (χ4n) is 2.67. The predicted molar refractivity (Wildman–Crippen MR) is 88.7 cm³/mol. The van der Waals surface area contributed by atoms with E-state index in [0.29, 0.717) is 6.42 Å². The van der Waals surface area contributed by atoms with Crippen molar-refractivity contribution in [3.63, 3.8) is 0 Å². The van der Waals surface area contributed by atoms with Crippen molar-refractivity contribution in [1.82, 2.24) is 10.3 Å². The number of rotatable bonds is 7. The van der Waals surface area contributed by atoms with Gasteiger partial charge in [0.25, 0.3) is 0 Å². The molecule has 118 valence electrons. The molecule has 2 atom stereocenters. The summed E-state index contributed by atoms with van der Waals surface area (Å²) in [6, 6.07) is 7.52. The number of ketones is 1. The Morgan fingerprint density at radius 1 is 1.23 bits per heavy atom. The van der Waals surface area contributed by atoms with Gasteiger partial charge in [-0.2, -0.15) is 0 Å². The van der Waals surface area contributed by atoms with Gasteiger partial charge in [0.1, 0.15) is 0 Å². The average Bonchev–Trinajstić information content (AvgIpc) is 2.94. The van der Waals surface area contributed by atoms with Gasteiger partial charge in [-0.25, -0.2) is 0 Å². The van der Waals surface area contributed by atoms with E-state index in [2.05, 4.69) is 10.3 Å². The number of para-hydroxylation sites is 1. The Balaban J connectivity index is 2.09. The van der Waals surface area contributed by atoms with Crippen molar-refractivity contribution in [2.45, 2.75) is 46.1 Å². The minimum Gasteiger partial charge on any atom is -0.361 e. The van der Waals surface area contributed by atoms with Crippen LogP contribution in [0.25, 0.3) is 10.9 Å². The summed E-state index contributed by atoms with van der Waals surface area (Å²) in [6.07, 6.45) is 3.46. The molecule has 0 spiro atoms. The van der Waals surface area contributed by atoms with Crippen molar-refractivity contribution in [2.75, 3.05) is 0 Å². The molecule has 0 aliphatic heterocycles. The van der Waals surface area contributed by atoms with E-state index < -0.39 is 0 Å². The van der Waals surface area contributed by atoms with Gasteiger partial charge in [-0.3, -0.25) is 9.59 Å². The second-order valence-electron chi connectivity index (χ2n) is 5.79. The number of Topliss-reactive ketones (excluding diaryl/α,β-unsaturated/α-hetero) is 1. The van der Waals surface area contributed by atoms with E-state index in [1.165, 1.54) is 0 Å². The second kappa shape index (κ2) is 7.25. The number of fused-ring (bicyclic) bond motifs is 1. The van der Waals surface area contributed by atoms with E-state index in [9.17, 15) is 9.59 Å². The Labute approximate surface area is 131 Å². The minimum atomic E-state index is -0.382. The lowest BCUT2D eigenvalue weighted by atomic mass is 9.94. The lowest BCUT2D eigenvalue weighted by molar-refractivity contribution is -0.128. The van der Waals surface area contributed by atoms with Crippen LogP contribution in [-0.4, -0.2) is 22.7 Å². The van der Waals surface area contributed by atoms with Gasteiger partial charge < -0.3 is 10.3 Å². The van der Waals surface area contributed by atoms with Gasteiger partial charge in [0.05, 0.1) is 12.5 Å². The Hall–Kier alpha value is -2.10. The summed E-state index contributed by atoms with van der Waals surface area (Å²) in [7, 11) is 0. The number of nitrogens with one attached hydrogen (secondary N) is 2. The highest BCUT2D eigenvalue weighted by atomic mass is 16.2. The Morgan fingerprint density at radius 3 is 2.64 bits per heavy atom. The average molecular weight is 300 g/mol. The van der Waals surface area contributed by atoms with Crippen LogP contribution < -0.4 is 5.32 Å². The van der Waals surface area contributed by atoms with Gasteiger partial charge in [0.2, 0.25) is 5.91 Å². The molecule has 2 aromatic rings. The summed E-state index contributed by atoms with van der Waals surface area (Å²) in [4.78, 5) is 27.5. The number of aromatic amines is 1. The zero-order valence-electron chi connectivity index (χ0n) is 13.5. The summed E-state index contributed by atoms with van der Waals surface area (Å²) < 4.78 is 0. The zero-order chi connectivity index (χ0) is 16.1. The van der Waals surface area contributed by atoms with Crippen molar-refractivity contribution in [3.8, 4) is 0 Å². The van der Waals surface area contributed by atoms with E-state index in [1.54, 1.807) is 0 Å². The van der Waals surface area contributed by atoms with Crippen molar-refractivity contribution < 1.29 is 9.59 Å². The molecule has 22 heavy (non-hydrogen) atoms. The van der Waals surface area contributed by atoms with Crippen LogP contribution in [0.3, 0.4) is 0 Å². The molecule has 0 aliphatic rings. The number of carbonyl (C=O) groups is 2. The third-order valence-electron chi connectivity index (χ3n) is 4.25. The van der Waals surface area contributed by atoms with Gasteiger partial charge >= 0.3 is 0 Å². The van der Waals surface area contributed by atoms with Crippen LogP contribution >= 0.6 is 0 Å². The lowest BCUT2D eigenvalue weighted by Crippen LogP contribution is -2.45. The fourth-order valence-corrected chi connectivity index (χ4v) is 2.67. The molecule has 1 amide bonds. The first kappa shape index (κ1) is 16.3. The van der Waals surface area contributed by atoms with Crippen molar-refractivity contribution in [2.24, 2.45) is 5.92 Å². The van der Waals surface area contributed by atoms with Gasteiger partial charge in [-0.1, -0.05) is 45.4 Å². The second-order valence-corrected chi connectivity index (χ2v) is 5.79.